The number of carbonyl (C=O) groups is 2. The number of allylic oxidation sites excluding steroid dienone is 1. The van der Waals surface area contributed by atoms with Crippen LogP contribution in [0.15, 0.2) is 57.6 Å². The van der Waals surface area contributed by atoms with Crippen LogP contribution in [-0.2, 0) is 11.2 Å². The molecule has 0 radical (unpaired) electrons. The number of benzene rings is 2. The van der Waals surface area contributed by atoms with Crippen molar-refractivity contribution >= 4 is 23.5 Å². The summed E-state index contributed by atoms with van der Waals surface area (Å²) in [5.41, 5.74) is 4.58. The third-order valence-electron chi connectivity index (χ3n) is 6.15. The minimum atomic E-state index is -0.926. The second-order valence-corrected chi connectivity index (χ2v) is 8.72. The molecule has 35 heavy (non-hydrogen) atoms. The van der Waals surface area contributed by atoms with Crippen molar-refractivity contribution in [3.63, 3.8) is 0 Å². The highest BCUT2D eigenvalue weighted by Crippen LogP contribution is 2.43. The van der Waals surface area contributed by atoms with E-state index in [1.54, 1.807) is 18.2 Å². The van der Waals surface area contributed by atoms with Gasteiger partial charge >= 0.3 is 0 Å². The van der Waals surface area contributed by atoms with Gasteiger partial charge in [0, 0.05) is 23.2 Å². The molecule has 0 spiro atoms. The first kappa shape index (κ1) is 21.2. The second-order valence-electron chi connectivity index (χ2n) is 8.72. The number of anilines is 1. The second kappa shape index (κ2) is 8.12. The number of aryl methyl sites for hydroxylation is 1. The first-order chi connectivity index (χ1) is 16.9. The van der Waals surface area contributed by atoms with Crippen LogP contribution in [0, 0.1) is 6.92 Å². The van der Waals surface area contributed by atoms with Gasteiger partial charge in [-0.15, -0.1) is 0 Å². The van der Waals surface area contributed by atoms with Crippen molar-refractivity contribution in [3.8, 4) is 22.8 Å². The van der Waals surface area contributed by atoms with Crippen molar-refractivity contribution < 1.29 is 22.9 Å². The van der Waals surface area contributed by atoms with E-state index in [4.69, 9.17) is 8.94 Å². The summed E-state index contributed by atoms with van der Waals surface area (Å²) in [4.78, 5) is 33.0. The average molecular weight is 470 g/mol. The summed E-state index contributed by atoms with van der Waals surface area (Å²) in [6.45, 7) is 1.86. The molecule has 174 valence electrons. The molecule has 9 heteroatoms. The summed E-state index contributed by atoms with van der Waals surface area (Å²) in [6.07, 6.45) is 4.53. The van der Waals surface area contributed by atoms with E-state index in [1.807, 2.05) is 37.3 Å². The minimum absolute atomic E-state index is 0.0535. The summed E-state index contributed by atoms with van der Waals surface area (Å²) in [7, 11) is 0. The number of ketones is 1. The molecule has 2 aliphatic carbocycles. The number of amides is 1. The van der Waals surface area contributed by atoms with Crippen LogP contribution >= 0.6 is 0 Å². The largest absolute Gasteiger partial charge is 0.431 e. The molecule has 1 amide bonds. The fourth-order valence-electron chi connectivity index (χ4n) is 3.99. The summed E-state index contributed by atoms with van der Waals surface area (Å²) in [6, 6.07) is 10.9. The van der Waals surface area contributed by atoms with Gasteiger partial charge < -0.3 is 14.3 Å². The number of carbonyl (C=O) groups excluding carboxylic acids is 2. The van der Waals surface area contributed by atoms with Crippen LogP contribution in [0.2, 0.25) is 0 Å². The number of hydrogen-bond donors (Lipinski definition) is 1. The molecule has 2 aromatic heterocycles. The van der Waals surface area contributed by atoms with Gasteiger partial charge in [0.15, 0.2) is 5.78 Å². The summed E-state index contributed by atoms with van der Waals surface area (Å²) < 4.78 is 24.2. The number of oxazole rings is 1. The van der Waals surface area contributed by atoms with Crippen molar-refractivity contribution in [2.45, 2.75) is 31.9 Å². The van der Waals surface area contributed by atoms with Gasteiger partial charge in [-0.25, -0.2) is 9.37 Å². The zero-order valence-corrected chi connectivity index (χ0v) is 18.6. The Kier molecular flexibility index (Phi) is 4.91. The highest BCUT2D eigenvalue weighted by molar-refractivity contribution is 6.03. The van der Waals surface area contributed by atoms with E-state index >= 15 is 0 Å². The molecule has 1 N–H and O–H groups in total. The molecule has 4 aromatic rings. The van der Waals surface area contributed by atoms with Crippen molar-refractivity contribution in [2.75, 3.05) is 5.32 Å². The minimum Gasteiger partial charge on any atom is -0.431 e. The molecule has 0 aliphatic heterocycles. The molecular weight excluding hydrogens is 451 g/mol. The molecule has 0 unspecified atom stereocenters. The predicted molar refractivity (Wildman–Crippen MR) is 124 cm³/mol. The normalized spacial score (nSPS) is 18.4. The maximum atomic E-state index is 13.3. The Bertz CT molecular complexity index is 1520. The van der Waals surface area contributed by atoms with Crippen molar-refractivity contribution in [2.24, 2.45) is 0 Å². The van der Waals surface area contributed by atoms with E-state index in [0.717, 1.165) is 16.7 Å². The van der Waals surface area contributed by atoms with Crippen LogP contribution in [0.5, 0.6) is 0 Å². The number of nitrogens with one attached hydrogen (secondary N) is 1. The highest BCUT2D eigenvalue weighted by atomic mass is 19.1. The lowest BCUT2D eigenvalue weighted by Crippen LogP contribution is -2.12. The summed E-state index contributed by atoms with van der Waals surface area (Å²) in [5, 5.41) is 6.78. The lowest BCUT2D eigenvalue weighted by atomic mass is 9.95. The third-order valence-corrected chi connectivity index (χ3v) is 6.15. The molecule has 2 atom stereocenters. The van der Waals surface area contributed by atoms with Gasteiger partial charge in [0.1, 0.15) is 6.17 Å². The molecule has 2 heterocycles. The Labute approximate surface area is 198 Å². The maximum absolute atomic E-state index is 13.3. The maximum Gasteiger partial charge on any atom is 0.293 e. The van der Waals surface area contributed by atoms with Gasteiger partial charge in [0.25, 0.3) is 5.91 Å². The third kappa shape index (κ3) is 4.05. The van der Waals surface area contributed by atoms with Crippen molar-refractivity contribution in [1.29, 1.82) is 0 Å². The van der Waals surface area contributed by atoms with Crippen LogP contribution in [-0.4, -0.2) is 33.0 Å². The van der Waals surface area contributed by atoms with E-state index in [2.05, 4.69) is 20.4 Å². The molecule has 0 bridgehead atoms. The number of aromatic nitrogens is 3. The first-order valence-electron chi connectivity index (χ1n) is 11.1. The number of hydrogen-bond acceptors (Lipinski definition) is 7. The summed E-state index contributed by atoms with van der Waals surface area (Å²) >= 11 is 0. The van der Waals surface area contributed by atoms with Crippen LogP contribution in [0.25, 0.3) is 28.9 Å². The molecule has 6 rings (SSSR count). The lowest BCUT2D eigenvalue weighted by Gasteiger charge is -2.10. The van der Waals surface area contributed by atoms with E-state index in [0.29, 0.717) is 41.4 Å². The van der Waals surface area contributed by atoms with Crippen LogP contribution in [0.4, 0.5) is 10.1 Å². The fraction of sp³-hybridized carbons (Fsp3) is 0.192. The van der Waals surface area contributed by atoms with Crippen molar-refractivity contribution in [3.05, 3.63) is 77.0 Å². The SMILES string of the molecule is Cc1ccc(-c2noc([C@H]3C[C@@H]3F)n2)cc1NC(=O)c1cnc(-c2ccc3c(c2)C=CC(=O)C3)o1. The highest BCUT2D eigenvalue weighted by Gasteiger charge is 2.43. The zero-order valence-electron chi connectivity index (χ0n) is 18.6. The molecule has 8 nitrogen and oxygen atoms in total. The summed E-state index contributed by atoms with van der Waals surface area (Å²) in [5.74, 6) is 0.263. The monoisotopic (exact) mass is 470 g/mol. The quantitative estimate of drug-likeness (QED) is 0.441. The van der Waals surface area contributed by atoms with Crippen LogP contribution < -0.4 is 5.32 Å². The molecular formula is C26H19FN4O4. The van der Waals surface area contributed by atoms with Gasteiger partial charge in [-0.2, -0.15) is 4.98 Å². The van der Waals surface area contributed by atoms with Crippen LogP contribution in [0.1, 0.15) is 45.5 Å². The standard InChI is InChI=1S/C26H19FN4O4/c1-13-2-3-16(23-30-26(35-31-23)19-11-20(19)27)10-21(13)29-24(33)22-12-28-25(34-22)17-5-4-15-9-18(32)7-6-14(15)8-17/h2-8,10,12,19-20H,9,11H2,1H3,(H,29,33)/t19-,20-/m0/s1. The molecule has 2 aromatic carbocycles. The Morgan fingerprint density at radius 2 is 1.97 bits per heavy atom. The van der Waals surface area contributed by atoms with E-state index in [9.17, 15) is 14.0 Å². The Balaban J connectivity index is 1.21. The van der Waals surface area contributed by atoms with Crippen molar-refractivity contribution in [1.82, 2.24) is 15.1 Å². The van der Waals surface area contributed by atoms with Gasteiger partial charge in [-0.1, -0.05) is 29.4 Å². The molecule has 2 aliphatic rings. The molecule has 1 fully saturated rings. The smallest absolute Gasteiger partial charge is 0.293 e. The van der Waals surface area contributed by atoms with E-state index in [1.165, 1.54) is 6.20 Å². The first-order valence-corrected chi connectivity index (χ1v) is 11.1. The molecule has 1 saturated carbocycles. The Hall–Kier alpha value is -4.40. The Morgan fingerprint density at radius 3 is 2.80 bits per heavy atom. The van der Waals surface area contributed by atoms with E-state index in [-0.39, 0.29) is 23.4 Å². The van der Waals surface area contributed by atoms with Crippen LogP contribution in [0.3, 0.4) is 0 Å². The number of fused-ring (bicyclic) bond motifs is 1. The Morgan fingerprint density at radius 1 is 1.14 bits per heavy atom. The fourth-order valence-corrected chi connectivity index (χ4v) is 3.99. The lowest BCUT2D eigenvalue weighted by molar-refractivity contribution is -0.114. The number of halogens is 1. The predicted octanol–water partition coefficient (Wildman–Crippen LogP) is 4.92. The van der Waals surface area contributed by atoms with Gasteiger partial charge in [-0.05, 0) is 54.3 Å². The van der Waals surface area contributed by atoms with Gasteiger partial charge in [0.2, 0.25) is 23.4 Å². The molecule has 0 saturated heterocycles. The topological polar surface area (TPSA) is 111 Å². The van der Waals surface area contributed by atoms with E-state index < -0.39 is 12.1 Å². The number of rotatable bonds is 5. The zero-order chi connectivity index (χ0) is 24.1. The number of nitrogens with zero attached hydrogens (tertiary/aromatic N) is 3. The number of alkyl halides is 1. The average Bonchev–Trinajstić information content (AvgIpc) is 3.24. The van der Waals surface area contributed by atoms with Gasteiger partial charge in [-0.3, -0.25) is 9.59 Å². The van der Waals surface area contributed by atoms with Gasteiger partial charge in [0.05, 0.1) is 12.1 Å².